The maximum atomic E-state index is 11.4. The molecule has 0 aliphatic carbocycles. The summed E-state index contributed by atoms with van der Waals surface area (Å²) in [6, 6.07) is -0.0645. The summed E-state index contributed by atoms with van der Waals surface area (Å²) in [5.74, 6) is 0.483. The number of hydrogen-bond acceptors (Lipinski definition) is 3. The van der Waals surface area contributed by atoms with Crippen LogP contribution >= 0.6 is 11.6 Å². The molecule has 0 saturated carbocycles. The van der Waals surface area contributed by atoms with E-state index >= 15 is 0 Å². The quantitative estimate of drug-likeness (QED) is 0.661. The van der Waals surface area contributed by atoms with E-state index in [9.17, 15) is 8.42 Å². The van der Waals surface area contributed by atoms with E-state index in [0.29, 0.717) is 18.8 Å². The van der Waals surface area contributed by atoms with Gasteiger partial charge in [-0.25, -0.2) is 13.1 Å². The molecule has 86 valence electrons. The third-order valence-corrected chi connectivity index (χ3v) is 3.42. The van der Waals surface area contributed by atoms with Crippen molar-refractivity contribution in [3.8, 4) is 0 Å². The van der Waals surface area contributed by atoms with Crippen LogP contribution in [0.2, 0.25) is 0 Å². The Morgan fingerprint density at radius 3 is 2.43 bits per heavy atom. The van der Waals surface area contributed by atoms with Gasteiger partial charge in [0, 0.05) is 18.5 Å². The number of hydrogen-bond donors (Lipinski definition) is 1. The fraction of sp³-hybridized carbons (Fsp3) is 1.00. The summed E-state index contributed by atoms with van der Waals surface area (Å²) in [5.41, 5.74) is 0. The van der Waals surface area contributed by atoms with Crippen LogP contribution in [0.3, 0.4) is 0 Å². The van der Waals surface area contributed by atoms with Gasteiger partial charge in [0.15, 0.2) is 0 Å². The zero-order valence-electron chi connectivity index (χ0n) is 8.96. The fourth-order valence-corrected chi connectivity index (χ4v) is 2.82. The Morgan fingerprint density at radius 2 is 2.00 bits per heavy atom. The van der Waals surface area contributed by atoms with E-state index in [0.717, 1.165) is 0 Å². The highest BCUT2D eigenvalue weighted by Crippen LogP contribution is 1.95. The molecule has 0 fully saturated rings. The molecule has 0 aromatic rings. The van der Waals surface area contributed by atoms with Crippen molar-refractivity contribution < 1.29 is 8.42 Å². The third kappa shape index (κ3) is 7.55. The highest BCUT2D eigenvalue weighted by molar-refractivity contribution is 7.89. The van der Waals surface area contributed by atoms with Crippen LogP contribution in [-0.2, 0) is 10.0 Å². The lowest BCUT2D eigenvalue weighted by Crippen LogP contribution is -2.40. The van der Waals surface area contributed by atoms with Gasteiger partial charge in [0.1, 0.15) is 0 Å². The van der Waals surface area contributed by atoms with Crippen LogP contribution < -0.4 is 4.72 Å². The number of sulfonamides is 1. The van der Waals surface area contributed by atoms with Crippen LogP contribution in [0.4, 0.5) is 0 Å². The number of likely N-dealkylation sites (N-methyl/N-ethyl adjacent to an activating group) is 1. The first-order valence-corrected chi connectivity index (χ1v) is 6.77. The second-order valence-corrected chi connectivity index (χ2v) is 5.89. The first-order valence-electron chi connectivity index (χ1n) is 4.58. The minimum atomic E-state index is -3.15. The largest absolute Gasteiger partial charge is 0.308 e. The molecule has 1 atom stereocenters. The lowest BCUT2D eigenvalue weighted by atomic mass is 10.3. The van der Waals surface area contributed by atoms with Crippen LogP contribution in [0.5, 0.6) is 0 Å². The lowest BCUT2D eigenvalue weighted by molar-refractivity contribution is 0.370. The molecule has 0 rings (SSSR count). The molecule has 14 heavy (non-hydrogen) atoms. The average molecular weight is 243 g/mol. The van der Waals surface area contributed by atoms with Crippen molar-refractivity contribution in [2.45, 2.75) is 19.4 Å². The van der Waals surface area contributed by atoms with Crippen LogP contribution in [0.25, 0.3) is 0 Å². The van der Waals surface area contributed by atoms with Crippen LogP contribution in [0, 0.1) is 0 Å². The molecular formula is C8H19ClN2O2S. The molecule has 0 amide bonds. The number of nitrogens with zero attached hydrogens (tertiary/aromatic N) is 1. The van der Waals surface area contributed by atoms with Crippen molar-refractivity contribution in [2.75, 3.05) is 32.3 Å². The van der Waals surface area contributed by atoms with Crippen molar-refractivity contribution in [3.63, 3.8) is 0 Å². The summed E-state index contributed by atoms with van der Waals surface area (Å²) in [5, 5.41) is 0. The highest BCUT2D eigenvalue weighted by atomic mass is 35.5. The summed E-state index contributed by atoms with van der Waals surface area (Å²) >= 11 is 5.43. The summed E-state index contributed by atoms with van der Waals surface area (Å²) in [4.78, 5) is 1.94. The van der Waals surface area contributed by atoms with Crippen LogP contribution in [0.1, 0.15) is 13.3 Å². The lowest BCUT2D eigenvalue weighted by Gasteiger charge is -2.18. The van der Waals surface area contributed by atoms with E-state index in [1.165, 1.54) is 0 Å². The molecule has 4 nitrogen and oxygen atoms in total. The molecule has 0 saturated heterocycles. The van der Waals surface area contributed by atoms with E-state index in [2.05, 4.69) is 4.72 Å². The van der Waals surface area contributed by atoms with Crippen molar-refractivity contribution in [1.82, 2.24) is 9.62 Å². The zero-order chi connectivity index (χ0) is 11.2. The molecule has 0 heterocycles. The Kier molecular flexibility index (Phi) is 6.68. The van der Waals surface area contributed by atoms with E-state index in [-0.39, 0.29) is 11.8 Å². The summed E-state index contributed by atoms with van der Waals surface area (Å²) in [7, 11) is 0.663. The number of halogens is 1. The number of nitrogens with one attached hydrogen (secondary N) is 1. The maximum Gasteiger partial charge on any atom is 0.211 e. The van der Waals surface area contributed by atoms with E-state index in [1.54, 1.807) is 0 Å². The molecule has 0 spiro atoms. The Bertz CT molecular complexity index is 242. The molecule has 1 unspecified atom stereocenters. The number of alkyl halides is 1. The maximum absolute atomic E-state index is 11.4. The SMILES string of the molecule is CC(CN(C)C)NS(=O)(=O)CCCCl. The predicted molar refractivity (Wildman–Crippen MR) is 60.3 cm³/mol. The molecule has 0 aromatic carbocycles. The molecule has 0 aliphatic heterocycles. The van der Waals surface area contributed by atoms with Gasteiger partial charge in [-0.05, 0) is 27.4 Å². The van der Waals surface area contributed by atoms with Gasteiger partial charge in [-0.1, -0.05) is 0 Å². The average Bonchev–Trinajstić information content (AvgIpc) is 1.98. The topological polar surface area (TPSA) is 49.4 Å². The van der Waals surface area contributed by atoms with Gasteiger partial charge in [-0.2, -0.15) is 0 Å². The van der Waals surface area contributed by atoms with Crippen molar-refractivity contribution >= 4 is 21.6 Å². The van der Waals surface area contributed by atoms with Crippen molar-refractivity contribution in [3.05, 3.63) is 0 Å². The molecule has 0 bridgehead atoms. The number of rotatable bonds is 7. The third-order valence-electron chi connectivity index (χ3n) is 1.57. The van der Waals surface area contributed by atoms with Crippen molar-refractivity contribution in [1.29, 1.82) is 0 Å². The Hall–Kier alpha value is 0.160. The standard InChI is InChI=1S/C8H19ClN2O2S/c1-8(7-11(2)3)10-14(12,13)6-4-5-9/h8,10H,4-7H2,1-3H3. The van der Waals surface area contributed by atoms with Crippen molar-refractivity contribution in [2.24, 2.45) is 0 Å². The Morgan fingerprint density at radius 1 is 1.43 bits per heavy atom. The summed E-state index contributed by atoms with van der Waals surface area (Å²) in [6.07, 6.45) is 0.492. The first-order chi connectivity index (χ1) is 6.37. The second-order valence-electron chi connectivity index (χ2n) is 3.64. The van der Waals surface area contributed by atoms with Gasteiger partial charge < -0.3 is 4.90 Å². The van der Waals surface area contributed by atoms with E-state index < -0.39 is 10.0 Å². The first kappa shape index (κ1) is 14.2. The summed E-state index contributed by atoms with van der Waals surface area (Å²) < 4.78 is 25.4. The Balaban J connectivity index is 3.96. The van der Waals surface area contributed by atoms with Crippen LogP contribution in [-0.4, -0.2) is 51.6 Å². The van der Waals surface area contributed by atoms with Gasteiger partial charge in [0.2, 0.25) is 10.0 Å². The van der Waals surface area contributed by atoms with Gasteiger partial charge in [-0.3, -0.25) is 0 Å². The smallest absolute Gasteiger partial charge is 0.211 e. The van der Waals surface area contributed by atoms with Crippen LogP contribution in [0.15, 0.2) is 0 Å². The second kappa shape index (κ2) is 6.61. The predicted octanol–water partition coefficient (Wildman–Crippen LogP) is 0.485. The van der Waals surface area contributed by atoms with Gasteiger partial charge in [-0.15, -0.1) is 11.6 Å². The Labute approximate surface area is 91.7 Å². The normalized spacial score (nSPS) is 14.6. The monoisotopic (exact) mass is 242 g/mol. The molecular weight excluding hydrogens is 224 g/mol. The van der Waals surface area contributed by atoms with Gasteiger partial charge >= 0.3 is 0 Å². The fourth-order valence-electron chi connectivity index (χ4n) is 1.20. The molecule has 0 radical (unpaired) electrons. The molecule has 0 aromatic heterocycles. The minimum Gasteiger partial charge on any atom is -0.308 e. The van der Waals surface area contributed by atoms with Gasteiger partial charge in [0.05, 0.1) is 5.75 Å². The van der Waals surface area contributed by atoms with E-state index in [4.69, 9.17) is 11.6 Å². The van der Waals surface area contributed by atoms with E-state index in [1.807, 2.05) is 25.9 Å². The zero-order valence-corrected chi connectivity index (χ0v) is 10.5. The highest BCUT2D eigenvalue weighted by Gasteiger charge is 2.13. The molecule has 6 heteroatoms. The molecule has 1 N–H and O–H groups in total. The minimum absolute atomic E-state index is 0.0645. The summed E-state index contributed by atoms with van der Waals surface area (Å²) in [6.45, 7) is 2.54. The molecule has 0 aliphatic rings. The van der Waals surface area contributed by atoms with Gasteiger partial charge in [0.25, 0.3) is 0 Å².